The summed E-state index contributed by atoms with van der Waals surface area (Å²) in [6.07, 6.45) is 13.9. The van der Waals surface area contributed by atoms with Gasteiger partial charge in [0.05, 0.1) is 12.2 Å². The number of fused-ring (bicyclic) bond motifs is 1. The van der Waals surface area contributed by atoms with E-state index in [0.717, 1.165) is 16.8 Å². The van der Waals surface area contributed by atoms with Gasteiger partial charge in [0.15, 0.2) is 0 Å². The van der Waals surface area contributed by atoms with Crippen LogP contribution in [0.15, 0.2) is 70.4 Å². The van der Waals surface area contributed by atoms with Gasteiger partial charge in [0.25, 0.3) is 0 Å². The minimum Gasteiger partial charge on any atom is -0.287 e. The number of allylic oxidation sites excluding steroid dienone is 7. The van der Waals surface area contributed by atoms with E-state index in [2.05, 4.69) is 41.4 Å². The third kappa shape index (κ3) is 2.54. The van der Waals surface area contributed by atoms with Crippen molar-refractivity contribution in [1.82, 2.24) is 0 Å². The Balaban J connectivity index is 2.32. The largest absolute Gasteiger partial charge is 0.287 e. The Bertz CT molecular complexity index is 459. The Hall–Kier alpha value is -1.96. The van der Waals surface area contributed by atoms with Gasteiger partial charge in [-0.2, -0.15) is 0 Å². The minimum absolute atomic E-state index is 0.270. The van der Waals surface area contributed by atoms with Crippen LogP contribution in [0.5, 0.6) is 0 Å². The molecule has 80 valence electrons. The maximum absolute atomic E-state index is 4.32. The summed E-state index contributed by atoms with van der Waals surface area (Å²) in [4.78, 5) is 8.47. The molecule has 0 bridgehead atoms. The topological polar surface area (TPSA) is 24.7 Å². The van der Waals surface area contributed by atoms with E-state index in [1.807, 2.05) is 18.4 Å². The van der Waals surface area contributed by atoms with Gasteiger partial charge in [0.2, 0.25) is 0 Å². The van der Waals surface area contributed by atoms with E-state index >= 15 is 0 Å². The van der Waals surface area contributed by atoms with Crippen LogP contribution >= 0.6 is 0 Å². The summed E-state index contributed by atoms with van der Waals surface area (Å²) in [5.41, 5.74) is 2.94. The van der Waals surface area contributed by atoms with Gasteiger partial charge < -0.3 is 0 Å². The molecular formula is C14H14N2. The van der Waals surface area contributed by atoms with Crippen LogP contribution in [0.2, 0.25) is 0 Å². The average Bonchev–Trinajstić information content (AvgIpc) is 2.27. The van der Waals surface area contributed by atoms with E-state index in [1.165, 1.54) is 0 Å². The monoisotopic (exact) mass is 210 g/mol. The number of hydrogen-bond donors (Lipinski definition) is 0. The lowest BCUT2D eigenvalue weighted by molar-refractivity contribution is 1.00. The van der Waals surface area contributed by atoms with E-state index in [1.54, 1.807) is 6.21 Å². The van der Waals surface area contributed by atoms with Crippen molar-refractivity contribution in [2.45, 2.75) is 0 Å². The molecule has 0 fully saturated rings. The van der Waals surface area contributed by atoms with Crippen molar-refractivity contribution in [3.63, 3.8) is 0 Å². The summed E-state index contributed by atoms with van der Waals surface area (Å²) in [6.45, 7) is 8.28. The predicted molar refractivity (Wildman–Crippen MR) is 70.0 cm³/mol. The van der Waals surface area contributed by atoms with Crippen LogP contribution in [0, 0.1) is 5.92 Å². The van der Waals surface area contributed by atoms with Crippen molar-refractivity contribution in [2.75, 3.05) is 6.54 Å². The first kappa shape index (κ1) is 10.6. The normalized spacial score (nSPS) is 30.2. The van der Waals surface area contributed by atoms with Gasteiger partial charge in [-0.3, -0.25) is 9.98 Å². The molecular weight excluding hydrogens is 196 g/mol. The Morgan fingerprint density at radius 3 is 3.00 bits per heavy atom. The van der Waals surface area contributed by atoms with Gasteiger partial charge in [0.1, 0.15) is 0 Å². The molecule has 2 rings (SSSR count). The minimum atomic E-state index is 0.270. The van der Waals surface area contributed by atoms with Crippen LogP contribution in [-0.2, 0) is 0 Å². The highest BCUT2D eigenvalue weighted by Crippen LogP contribution is 2.21. The number of nitrogens with zero attached hydrogens (tertiary/aromatic N) is 2. The zero-order chi connectivity index (χ0) is 11.4. The molecule has 0 N–H and O–H groups in total. The van der Waals surface area contributed by atoms with Gasteiger partial charge in [-0.05, 0) is 23.3 Å². The van der Waals surface area contributed by atoms with Crippen LogP contribution in [0.25, 0.3) is 0 Å². The average molecular weight is 210 g/mol. The van der Waals surface area contributed by atoms with Crippen molar-refractivity contribution in [2.24, 2.45) is 15.9 Å². The molecule has 0 amide bonds. The van der Waals surface area contributed by atoms with E-state index in [9.17, 15) is 0 Å². The molecule has 1 aliphatic carbocycles. The van der Waals surface area contributed by atoms with Crippen molar-refractivity contribution < 1.29 is 0 Å². The smallest absolute Gasteiger partial charge is 0.0805 e. The number of aliphatic imine (C=N–C) groups is 2. The molecule has 0 aromatic rings. The summed E-state index contributed by atoms with van der Waals surface area (Å²) in [5, 5.41) is 0. The molecule has 0 radical (unpaired) electrons. The molecule has 0 saturated carbocycles. The third-order valence-corrected chi connectivity index (χ3v) is 2.43. The van der Waals surface area contributed by atoms with Gasteiger partial charge in [-0.15, -0.1) is 0 Å². The van der Waals surface area contributed by atoms with Gasteiger partial charge in [-0.1, -0.05) is 31.4 Å². The zero-order valence-electron chi connectivity index (χ0n) is 9.13. The standard InChI is InChI=1S/C14H14N2/c1-11-5-6-13-4-3-7-16-12(2)9-15-10-14(13)8-11/h3-8,10,13H,1-2,9H2/b4-3-,15-10-,16-7-. The van der Waals surface area contributed by atoms with Gasteiger partial charge in [-0.25, -0.2) is 0 Å². The molecule has 16 heavy (non-hydrogen) atoms. The summed E-state index contributed by atoms with van der Waals surface area (Å²) >= 11 is 0. The van der Waals surface area contributed by atoms with E-state index in [-0.39, 0.29) is 5.92 Å². The fourth-order valence-corrected chi connectivity index (χ4v) is 1.61. The highest BCUT2D eigenvalue weighted by molar-refractivity contribution is 5.83. The Kier molecular flexibility index (Phi) is 3.10. The fraction of sp³-hybridized carbons (Fsp3) is 0.143. The van der Waals surface area contributed by atoms with Crippen LogP contribution in [0.4, 0.5) is 0 Å². The first-order valence-corrected chi connectivity index (χ1v) is 5.23. The molecule has 1 atom stereocenters. The van der Waals surface area contributed by atoms with Crippen LogP contribution in [0.3, 0.4) is 0 Å². The zero-order valence-corrected chi connectivity index (χ0v) is 9.13. The third-order valence-electron chi connectivity index (χ3n) is 2.43. The Morgan fingerprint density at radius 2 is 2.12 bits per heavy atom. The summed E-state index contributed by atoms with van der Waals surface area (Å²) in [7, 11) is 0. The van der Waals surface area contributed by atoms with Crippen molar-refractivity contribution in [3.05, 3.63) is 60.4 Å². The number of rotatable bonds is 0. The fourth-order valence-electron chi connectivity index (χ4n) is 1.61. The summed E-state index contributed by atoms with van der Waals surface area (Å²) in [6, 6.07) is 0. The van der Waals surface area contributed by atoms with Crippen molar-refractivity contribution >= 4 is 12.4 Å². The quantitative estimate of drug-likeness (QED) is 0.587. The first-order chi connectivity index (χ1) is 7.75. The predicted octanol–water partition coefficient (Wildman–Crippen LogP) is 2.88. The molecule has 1 unspecified atom stereocenters. The van der Waals surface area contributed by atoms with Crippen LogP contribution in [0.1, 0.15) is 0 Å². The highest BCUT2D eigenvalue weighted by Gasteiger charge is 2.10. The molecule has 0 spiro atoms. The van der Waals surface area contributed by atoms with Crippen molar-refractivity contribution in [3.8, 4) is 0 Å². The molecule has 2 heteroatoms. The lowest BCUT2D eigenvalue weighted by Gasteiger charge is -2.14. The molecule has 2 nitrogen and oxygen atoms in total. The molecule has 0 saturated heterocycles. The van der Waals surface area contributed by atoms with Crippen molar-refractivity contribution in [1.29, 1.82) is 0 Å². The molecule has 0 aromatic carbocycles. The summed E-state index contributed by atoms with van der Waals surface area (Å²) in [5.74, 6) is 0.270. The molecule has 2 aliphatic rings. The van der Waals surface area contributed by atoms with E-state index < -0.39 is 0 Å². The molecule has 1 aliphatic heterocycles. The maximum Gasteiger partial charge on any atom is 0.0805 e. The Morgan fingerprint density at radius 1 is 1.25 bits per heavy atom. The van der Waals surface area contributed by atoms with Crippen LogP contribution < -0.4 is 0 Å². The molecule has 1 heterocycles. The van der Waals surface area contributed by atoms with Gasteiger partial charge >= 0.3 is 0 Å². The lowest BCUT2D eigenvalue weighted by atomic mass is 9.92. The van der Waals surface area contributed by atoms with E-state index in [4.69, 9.17) is 0 Å². The van der Waals surface area contributed by atoms with Crippen LogP contribution in [-0.4, -0.2) is 19.0 Å². The number of hydrogen-bond acceptors (Lipinski definition) is 2. The lowest BCUT2D eigenvalue weighted by Crippen LogP contribution is -2.04. The second kappa shape index (κ2) is 4.71. The summed E-state index contributed by atoms with van der Waals surface area (Å²) < 4.78 is 0. The second-order valence-corrected chi connectivity index (χ2v) is 3.80. The first-order valence-electron chi connectivity index (χ1n) is 5.23. The SMILES string of the molecule is C=C1C=CC2/C=C\C=N/C(=C)C/N=C\C2=C1. The second-order valence-electron chi connectivity index (χ2n) is 3.80. The molecule has 0 aromatic heterocycles. The van der Waals surface area contributed by atoms with Gasteiger partial charge in [0, 0.05) is 18.3 Å². The maximum atomic E-state index is 4.32. The Labute approximate surface area is 95.8 Å². The highest BCUT2D eigenvalue weighted by atomic mass is 14.8. The van der Waals surface area contributed by atoms with E-state index in [0.29, 0.717) is 6.54 Å².